The van der Waals surface area contributed by atoms with E-state index in [4.69, 9.17) is 0 Å². The zero-order valence-electron chi connectivity index (χ0n) is 13.4. The molecule has 1 saturated carbocycles. The van der Waals surface area contributed by atoms with E-state index in [1.807, 2.05) is 0 Å². The summed E-state index contributed by atoms with van der Waals surface area (Å²) in [6.07, 6.45) is 4.14. The van der Waals surface area contributed by atoms with E-state index in [2.05, 4.69) is 24.5 Å². The lowest BCUT2D eigenvalue weighted by Gasteiger charge is -2.41. The first-order chi connectivity index (χ1) is 9.83. The van der Waals surface area contributed by atoms with Gasteiger partial charge in [0, 0.05) is 12.6 Å². The second kappa shape index (κ2) is 5.95. The van der Waals surface area contributed by atoms with E-state index in [0.29, 0.717) is 13.0 Å². The van der Waals surface area contributed by atoms with Crippen LogP contribution in [0, 0.1) is 16.7 Å². The highest BCUT2D eigenvalue weighted by atomic mass is 16.4. The van der Waals surface area contributed by atoms with Crippen LogP contribution in [0.1, 0.15) is 52.9 Å². The van der Waals surface area contributed by atoms with Crippen molar-refractivity contribution in [1.82, 2.24) is 10.6 Å². The van der Waals surface area contributed by atoms with Crippen molar-refractivity contribution in [3.05, 3.63) is 0 Å². The fraction of sp³-hybridized carbons (Fsp3) is 0.875. The third-order valence-electron chi connectivity index (χ3n) is 5.75. The summed E-state index contributed by atoms with van der Waals surface area (Å²) in [4.78, 5) is 24.5. The number of carbonyl (C=O) groups excluding carboxylic acids is 1. The topological polar surface area (TPSA) is 78.4 Å². The molecule has 0 aromatic heterocycles. The van der Waals surface area contributed by atoms with Crippen molar-refractivity contribution in [3.8, 4) is 0 Å². The first kappa shape index (κ1) is 16.3. The van der Waals surface area contributed by atoms with E-state index >= 15 is 0 Å². The number of nitrogens with one attached hydrogen (secondary N) is 2. The van der Waals surface area contributed by atoms with Crippen LogP contribution in [0.15, 0.2) is 0 Å². The van der Waals surface area contributed by atoms with Crippen LogP contribution in [0.4, 0.5) is 0 Å². The van der Waals surface area contributed by atoms with Gasteiger partial charge in [-0.25, -0.2) is 0 Å². The van der Waals surface area contributed by atoms with Gasteiger partial charge >= 0.3 is 5.97 Å². The Bertz CT molecular complexity index is 416. The minimum Gasteiger partial charge on any atom is -0.481 e. The predicted octanol–water partition coefficient (Wildman–Crippen LogP) is 1.77. The highest BCUT2D eigenvalue weighted by Gasteiger charge is 2.48. The lowest BCUT2D eigenvalue weighted by Crippen LogP contribution is -2.57. The Morgan fingerprint density at radius 3 is 2.52 bits per heavy atom. The van der Waals surface area contributed by atoms with Crippen molar-refractivity contribution in [3.63, 3.8) is 0 Å². The maximum Gasteiger partial charge on any atom is 0.311 e. The molecule has 1 saturated heterocycles. The number of carboxylic acid groups (broad SMARTS) is 1. The van der Waals surface area contributed by atoms with Crippen LogP contribution in [0.25, 0.3) is 0 Å². The van der Waals surface area contributed by atoms with Gasteiger partial charge in [0.2, 0.25) is 5.91 Å². The lowest BCUT2D eigenvalue weighted by atomic mass is 9.70. The van der Waals surface area contributed by atoms with E-state index in [1.54, 1.807) is 6.92 Å². The smallest absolute Gasteiger partial charge is 0.311 e. The van der Waals surface area contributed by atoms with E-state index in [0.717, 1.165) is 32.2 Å². The highest BCUT2D eigenvalue weighted by Crippen LogP contribution is 2.39. The van der Waals surface area contributed by atoms with Crippen LogP contribution in [-0.2, 0) is 9.59 Å². The zero-order valence-corrected chi connectivity index (χ0v) is 13.4. The Hall–Kier alpha value is -1.10. The summed E-state index contributed by atoms with van der Waals surface area (Å²) < 4.78 is 0. The molecule has 0 aromatic carbocycles. The van der Waals surface area contributed by atoms with Gasteiger partial charge in [-0.15, -0.1) is 0 Å². The van der Waals surface area contributed by atoms with E-state index in [9.17, 15) is 14.7 Å². The molecule has 2 fully saturated rings. The zero-order chi connectivity index (χ0) is 15.7. The number of hydrogen-bond donors (Lipinski definition) is 3. The molecule has 2 rings (SSSR count). The lowest BCUT2D eigenvalue weighted by molar-refractivity contribution is -0.152. The number of aliphatic carboxylic acids is 1. The van der Waals surface area contributed by atoms with Gasteiger partial charge in [-0.1, -0.05) is 26.7 Å². The molecule has 3 atom stereocenters. The van der Waals surface area contributed by atoms with Crippen LogP contribution in [0.3, 0.4) is 0 Å². The molecule has 21 heavy (non-hydrogen) atoms. The summed E-state index contributed by atoms with van der Waals surface area (Å²) in [6, 6.07) is -0.257. The van der Waals surface area contributed by atoms with Crippen LogP contribution >= 0.6 is 0 Å². The van der Waals surface area contributed by atoms with Crippen molar-refractivity contribution in [1.29, 1.82) is 0 Å². The van der Waals surface area contributed by atoms with Crippen molar-refractivity contribution in [2.24, 2.45) is 16.7 Å². The Morgan fingerprint density at radius 2 is 2.00 bits per heavy atom. The van der Waals surface area contributed by atoms with Crippen LogP contribution in [0.2, 0.25) is 0 Å². The average molecular weight is 296 g/mol. The van der Waals surface area contributed by atoms with E-state index < -0.39 is 16.8 Å². The first-order valence-electron chi connectivity index (χ1n) is 8.08. The molecule has 1 amide bonds. The molecule has 5 heteroatoms. The summed E-state index contributed by atoms with van der Waals surface area (Å²) in [6.45, 7) is 7.46. The van der Waals surface area contributed by atoms with E-state index in [1.165, 1.54) is 0 Å². The molecule has 0 aromatic rings. The largest absolute Gasteiger partial charge is 0.481 e. The van der Waals surface area contributed by atoms with Gasteiger partial charge in [-0.05, 0) is 38.6 Å². The standard InChI is InChI=1S/C16H28N2O3/c1-11(2)16(8-9-17-10-16)13(19)18-12-6-4-5-7-15(12,3)14(20)21/h11-12,17H,4-10H2,1-3H3,(H,18,19)(H,20,21). The SMILES string of the molecule is CC(C)C1(C(=O)NC2CCCCC2(C)C(=O)O)CCNC1. The second-order valence-corrected chi connectivity index (χ2v) is 7.23. The number of amides is 1. The Morgan fingerprint density at radius 1 is 1.29 bits per heavy atom. The molecule has 0 spiro atoms. The molecule has 3 unspecified atom stereocenters. The fourth-order valence-corrected chi connectivity index (χ4v) is 3.78. The normalized spacial score (nSPS) is 36.7. The summed E-state index contributed by atoms with van der Waals surface area (Å²) >= 11 is 0. The molecule has 3 N–H and O–H groups in total. The average Bonchev–Trinajstić information content (AvgIpc) is 2.92. The Labute approximate surface area is 126 Å². The molecular formula is C16H28N2O3. The maximum atomic E-state index is 12.8. The quantitative estimate of drug-likeness (QED) is 0.739. The third-order valence-corrected chi connectivity index (χ3v) is 5.75. The van der Waals surface area contributed by atoms with Gasteiger partial charge < -0.3 is 15.7 Å². The molecule has 2 aliphatic rings. The molecule has 1 heterocycles. The van der Waals surface area contributed by atoms with Gasteiger partial charge in [0.25, 0.3) is 0 Å². The van der Waals surface area contributed by atoms with Crippen LogP contribution in [-0.4, -0.2) is 36.1 Å². The van der Waals surface area contributed by atoms with Crippen molar-refractivity contribution < 1.29 is 14.7 Å². The first-order valence-corrected chi connectivity index (χ1v) is 8.08. The number of carboxylic acids is 1. The molecule has 1 aliphatic carbocycles. The molecule has 120 valence electrons. The van der Waals surface area contributed by atoms with Gasteiger partial charge in [-0.2, -0.15) is 0 Å². The number of carbonyl (C=O) groups is 2. The number of rotatable bonds is 4. The van der Waals surface area contributed by atoms with E-state index in [-0.39, 0.29) is 17.9 Å². The van der Waals surface area contributed by atoms with Gasteiger partial charge in [0.1, 0.15) is 0 Å². The van der Waals surface area contributed by atoms with Crippen LogP contribution in [0.5, 0.6) is 0 Å². The van der Waals surface area contributed by atoms with Gasteiger partial charge in [0.15, 0.2) is 0 Å². The van der Waals surface area contributed by atoms with Crippen molar-refractivity contribution in [2.45, 2.75) is 58.9 Å². The maximum absolute atomic E-state index is 12.8. The molecule has 0 radical (unpaired) electrons. The summed E-state index contributed by atoms with van der Waals surface area (Å²) in [5.74, 6) is -0.523. The summed E-state index contributed by atoms with van der Waals surface area (Å²) in [5, 5.41) is 15.9. The minimum atomic E-state index is -0.835. The van der Waals surface area contributed by atoms with Crippen LogP contribution < -0.4 is 10.6 Å². The molecule has 5 nitrogen and oxygen atoms in total. The van der Waals surface area contributed by atoms with Gasteiger partial charge in [-0.3, -0.25) is 9.59 Å². The Kier molecular flexibility index (Phi) is 4.61. The monoisotopic (exact) mass is 296 g/mol. The molecule has 1 aliphatic heterocycles. The second-order valence-electron chi connectivity index (χ2n) is 7.23. The fourth-order valence-electron chi connectivity index (χ4n) is 3.78. The summed E-state index contributed by atoms with van der Waals surface area (Å²) in [7, 11) is 0. The Balaban J connectivity index is 2.15. The summed E-state index contributed by atoms with van der Waals surface area (Å²) in [5.41, 5.74) is -1.23. The molecule has 0 bridgehead atoms. The predicted molar refractivity (Wildman–Crippen MR) is 80.9 cm³/mol. The minimum absolute atomic E-state index is 0.0295. The third kappa shape index (κ3) is 2.80. The van der Waals surface area contributed by atoms with Gasteiger partial charge in [0.05, 0.1) is 10.8 Å². The number of hydrogen-bond acceptors (Lipinski definition) is 3. The highest BCUT2D eigenvalue weighted by molar-refractivity contribution is 5.85. The molecular weight excluding hydrogens is 268 g/mol. The van der Waals surface area contributed by atoms with Crippen molar-refractivity contribution >= 4 is 11.9 Å². The van der Waals surface area contributed by atoms with Crippen molar-refractivity contribution in [2.75, 3.05) is 13.1 Å².